The molecule has 2 rings (SSSR count). The fraction of sp³-hybridized carbons (Fsp3) is 0.700. The summed E-state index contributed by atoms with van der Waals surface area (Å²) in [7, 11) is 1.62. The van der Waals surface area contributed by atoms with Gasteiger partial charge in [-0.15, -0.1) is 24.0 Å². The molecule has 2 unspecified atom stereocenters. The highest BCUT2D eigenvalue weighted by molar-refractivity contribution is 14.0. The Bertz CT molecular complexity index is 590. The van der Waals surface area contributed by atoms with Gasteiger partial charge in [0.25, 0.3) is 0 Å². The lowest BCUT2D eigenvalue weighted by molar-refractivity contribution is -0.0835. The average Bonchev–Trinajstić information content (AvgIpc) is 2.63. The molecule has 0 amide bonds. The maximum Gasteiger partial charge on any atom is 0.213 e. The summed E-state index contributed by atoms with van der Waals surface area (Å²) in [4.78, 5) is 8.84. The van der Waals surface area contributed by atoms with Crippen molar-refractivity contribution < 1.29 is 9.47 Å². The standard InChI is InChI=1S/C20H34N4O2.HI/c1-6-21-19(23-13-15-9-10-22-17(12-15)25-5)24-14-16-8-7-11-26-18(16)20(2,3)4;/h9-10,12,16,18H,6-8,11,13-14H2,1-5H3,(H2,21,23,24);1H. The lowest BCUT2D eigenvalue weighted by atomic mass is 9.78. The summed E-state index contributed by atoms with van der Waals surface area (Å²) in [6.45, 7) is 12.0. The number of guanidine groups is 1. The van der Waals surface area contributed by atoms with Crippen LogP contribution < -0.4 is 15.4 Å². The number of pyridine rings is 1. The van der Waals surface area contributed by atoms with Gasteiger partial charge in [0.2, 0.25) is 5.88 Å². The van der Waals surface area contributed by atoms with E-state index in [4.69, 9.17) is 14.5 Å². The Hall–Kier alpha value is -1.09. The molecule has 1 aliphatic heterocycles. The van der Waals surface area contributed by atoms with Crippen molar-refractivity contribution in [2.45, 2.75) is 53.2 Å². The van der Waals surface area contributed by atoms with Gasteiger partial charge >= 0.3 is 0 Å². The highest BCUT2D eigenvalue weighted by Crippen LogP contribution is 2.33. The minimum atomic E-state index is 0. The second-order valence-electron chi connectivity index (χ2n) is 7.84. The van der Waals surface area contributed by atoms with Gasteiger partial charge in [-0.1, -0.05) is 20.8 Å². The van der Waals surface area contributed by atoms with E-state index in [-0.39, 0.29) is 35.5 Å². The van der Waals surface area contributed by atoms with Crippen LogP contribution in [0.15, 0.2) is 23.3 Å². The largest absolute Gasteiger partial charge is 0.481 e. The van der Waals surface area contributed by atoms with Crippen LogP contribution in [0.3, 0.4) is 0 Å². The first-order valence-corrected chi connectivity index (χ1v) is 9.56. The molecule has 2 heterocycles. The number of aromatic nitrogens is 1. The Morgan fingerprint density at radius 3 is 2.81 bits per heavy atom. The zero-order chi connectivity index (χ0) is 19.0. The average molecular weight is 490 g/mol. The van der Waals surface area contributed by atoms with Gasteiger partial charge in [-0.25, -0.2) is 9.98 Å². The number of hydrogen-bond acceptors (Lipinski definition) is 4. The third-order valence-corrected chi connectivity index (χ3v) is 4.60. The SMILES string of the molecule is CCNC(=NCc1ccnc(OC)c1)NCC1CCCOC1C(C)(C)C.I. The van der Waals surface area contributed by atoms with Crippen molar-refractivity contribution in [2.24, 2.45) is 16.3 Å². The van der Waals surface area contributed by atoms with E-state index in [0.29, 0.717) is 18.3 Å². The van der Waals surface area contributed by atoms with E-state index in [1.807, 2.05) is 12.1 Å². The van der Waals surface area contributed by atoms with Gasteiger partial charge in [0.15, 0.2) is 5.96 Å². The van der Waals surface area contributed by atoms with Crippen LogP contribution in [0.4, 0.5) is 0 Å². The van der Waals surface area contributed by atoms with E-state index in [2.05, 4.69) is 43.3 Å². The molecule has 6 nitrogen and oxygen atoms in total. The Kier molecular flexibility index (Phi) is 10.4. The quantitative estimate of drug-likeness (QED) is 0.363. The second kappa shape index (κ2) is 11.7. The summed E-state index contributed by atoms with van der Waals surface area (Å²) in [6, 6.07) is 3.87. The molecule has 1 aromatic heterocycles. The summed E-state index contributed by atoms with van der Waals surface area (Å²) in [5, 5.41) is 6.83. The maximum absolute atomic E-state index is 6.08. The van der Waals surface area contributed by atoms with E-state index >= 15 is 0 Å². The second-order valence-corrected chi connectivity index (χ2v) is 7.84. The fourth-order valence-corrected chi connectivity index (χ4v) is 3.41. The molecule has 1 aliphatic rings. The van der Waals surface area contributed by atoms with Gasteiger partial charge in [0.1, 0.15) is 0 Å². The van der Waals surface area contributed by atoms with Crippen LogP contribution in [0.25, 0.3) is 0 Å². The predicted molar refractivity (Wildman–Crippen MR) is 121 cm³/mol. The Labute approximate surface area is 180 Å². The number of halogens is 1. The Balaban J connectivity index is 0.00000364. The lowest BCUT2D eigenvalue weighted by Crippen LogP contribution is -2.47. The maximum atomic E-state index is 6.08. The molecule has 2 atom stereocenters. The third kappa shape index (κ3) is 7.81. The molecule has 1 aromatic rings. The molecule has 2 N–H and O–H groups in total. The molecule has 0 bridgehead atoms. The van der Waals surface area contributed by atoms with E-state index in [0.717, 1.165) is 37.6 Å². The lowest BCUT2D eigenvalue weighted by Gasteiger charge is -2.40. The van der Waals surface area contributed by atoms with Crippen molar-refractivity contribution in [2.75, 3.05) is 26.8 Å². The van der Waals surface area contributed by atoms with Gasteiger partial charge < -0.3 is 20.1 Å². The van der Waals surface area contributed by atoms with Gasteiger partial charge in [-0.3, -0.25) is 0 Å². The van der Waals surface area contributed by atoms with Crippen molar-refractivity contribution in [3.8, 4) is 5.88 Å². The highest BCUT2D eigenvalue weighted by Gasteiger charge is 2.35. The van der Waals surface area contributed by atoms with Crippen LogP contribution in [0, 0.1) is 11.3 Å². The van der Waals surface area contributed by atoms with Crippen LogP contribution >= 0.6 is 24.0 Å². The smallest absolute Gasteiger partial charge is 0.213 e. The molecule has 0 spiro atoms. The molecule has 1 saturated heterocycles. The van der Waals surface area contributed by atoms with E-state index in [1.165, 1.54) is 6.42 Å². The summed E-state index contributed by atoms with van der Waals surface area (Å²) < 4.78 is 11.3. The van der Waals surface area contributed by atoms with Gasteiger partial charge in [-0.2, -0.15) is 0 Å². The number of rotatable bonds is 6. The third-order valence-electron chi connectivity index (χ3n) is 4.60. The van der Waals surface area contributed by atoms with Crippen LogP contribution in [-0.4, -0.2) is 43.9 Å². The van der Waals surface area contributed by atoms with E-state index < -0.39 is 0 Å². The first kappa shape index (κ1) is 23.9. The van der Waals surface area contributed by atoms with Crippen molar-refractivity contribution >= 4 is 29.9 Å². The Morgan fingerprint density at radius 1 is 1.37 bits per heavy atom. The minimum Gasteiger partial charge on any atom is -0.481 e. The van der Waals surface area contributed by atoms with Gasteiger partial charge in [0.05, 0.1) is 19.8 Å². The van der Waals surface area contributed by atoms with Crippen LogP contribution in [0.2, 0.25) is 0 Å². The molecule has 27 heavy (non-hydrogen) atoms. The van der Waals surface area contributed by atoms with Crippen LogP contribution in [-0.2, 0) is 11.3 Å². The first-order chi connectivity index (χ1) is 12.4. The number of ether oxygens (including phenoxy) is 2. The zero-order valence-corrected chi connectivity index (χ0v) is 19.6. The molecule has 154 valence electrons. The van der Waals surface area contributed by atoms with Crippen molar-refractivity contribution in [1.29, 1.82) is 0 Å². The zero-order valence-electron chi connectivity index (χ0n) is 17.2. The number of nitrogens with zero attached hydrogens (tertiary/aromatic N) is 2. The topological polar surface area (TPSA) is 67.8 Å². The van der Waals surface area contributed by atoms with E-state index in [9.17, 15) is 0 Å². The number of aliphatic imine (C=N–C) groups is 1. The van der Waals surface area contributed by atoms with Crippen molar-refractivity contribution in [3.63, 3.8) is 0 Å². The van der Waals surface area contributed by atoms with Crippen molar-refractivity contribution in [3.05, 3.63) is 23.9 Å². The van der Waals surface area contributed by atoms with Crippen molar-refractivity contribution in [1.82, 2.24) is 15.6 Å². The molecular formula is C20H35IN4O2. The normalized spacial score (nSPS) is 20.6. The molecule has 0 radical (unpaired) electrons. The summed E-state index contributed by atoms with van der Waals surface area (Å²) in [6.07, 6.45) is 4.34. The molecular weight excluding hydrogens is 455 g/mol. The number of nitrogens with one attached hydrogen (secondary N) is 2. The van der Waals surface area contributed by atoms with Crippen LogP contribution in [0.5, 0.6) is 5.88 Å². The summed E-state index contributed by atoms with van der Waals surface area (Å²) >= 11 is 0. The molecule has 1 fully saturated rings. The number of hydrogen-bond donors (Lipinski definition) is 2. The molecule has 0 aliphatic carbocycles. The fourth-order valence-electron chi connectivity index (χ4n) is 3.41. The Morgan fingerprint density at radius 2 is 2.15 bits per heavy atom. The number of methoxy groups -OCH3 is 1. The summed E-state index contributed by atoms with van der Waals surface area (Å²) in [5.41, 5.74) is 1.22. The molecule has 0 aromatic carbocycles. The van der Waals surface area contributed by atoms with Crippen LogP contribution in [0.1, 0.15) is 46.1 Å². The summed E-state index contributed by atoms with van der Waals surface area (Å²) in [5.74, 6) is 1.94. The van der Waals surface area contributed by atoms with Gasteiger partial charge in [0, 0.05) is 37.9 Å². The van der Waals surface area contributed by atoms with Gasteiger partial charge in [-0.05, 0) is 36.8 Å². The highest BCUT2D eigenvalue weighted by atomic mass is 127. The van der Waals surface area contributed by atoms with E-state index in [1.54, 1.807) is 13.3 Å². The monoisotopic (exact) mass is 490 g/mol. The first-order valence-electron chi connectivity index (χ1n) is 9.56. The molecule has 7 heteroatoms. The minimum absolute atomic E-state index is 0. The molecule has 0 saturated carbocycles. The predicted octanol–water partition coefficient (Wildman–Crippen LogP) is 3.60.